The van der Waals surface area contributed by atoms with E-state index < -0.39 is 6.09 Å². The zero-order valence-electron chi connectivity index (χ0n) is 15.8. The molecule has 1 aromatic rings. The first kappa shape index (κ1) is 19.3. The van der Waals surface area contributed by atoms with Crippen LogP contribution >= 0.6 is 0 Å². The number of piperidine rings is 1. The molecule has 2 aliphatic heterocycles. The molecular weight excluding hydrogens is 348 g/mol. The topological polar surface area (TPSA) is 99.3 Å². The third kappa shape index (κ3) is 4.63. The number of benzene rings is 1. The zero-order chi connectivity index (χ0) is 19.4. The molecular formula is C19H28N4O4. The summed E-state index contributed by atoms with van der Waals surface area (Å²) in [6, 6.07) is 5.97. The van der Waals surface area contributed by atoms with E-state index in [4.69, 9.17) is 15.6 Å². The molecule has 0 aliphatic carbocycles. The van der Waals surface area contributed by atoms with Gasteiger partial charge in [-0.05, 0) is 49.5 Å². The molecule has 3 N–H and O–H groups in total. The summed E-state index contributed by atoms with van der Waals surface area (Å²) >= 11 is 0. The first-order valence-corrected chi connectivity index (χ1v) is 9.39. The highest BCUT2D eigenvalue weighted by Crippen LogP contribution is 2.32. The van der Waals surface area contributed by atoms with Crippen LogP contribution in [0.25, 0.3) is 0 Å². The number of piperazine rings is 1. The average Bonchev–Trinajstić information content (AvgIpc) is 2.69. The number of rotatable bonds is 4. The molecule has 8 heteroatoms. The van der Waals surface area contributed by atoms with Crippen LogP contribution in [0.1, 0.15) is 24.3 Å². The highest BCUT2D eigenvalue weighted by molar-refractivity contribution is 5.78. The molecule has 0 radical (unpaired) electrons. The van der Waals surface area contributed by atoms with E-state index in [-0.39, 0.29) is 5.91 Å². The van der Waals surface area contributed by atoms with Gasteiger partial charge in [0.25, 0.3) is 0 Å². The molecule has 2 amide bonds. The number of amides is 2. The van der Waals surface area contributed by atoms with Crippen LogP contribution < -0.4 is 10.5 Å². The second-order valence-corrected chi connectivity index (χ2v) is 7.20. The Bertz CT molecular complexity index is 680. The summed E-state index contributed by atoms with van der Waals surface area (Å²) in [5.74, 6) is 1.25. The average molecular weight is 376 g/mol. The Hall–Kier alpha value is -2.48. The molecule has 2 aliphatic rings. The van der Waals surface area contributed by atoms with Crippen LogP contribution in [0.15, 0.2) is 18.2 Å². The van der Waals surface area contributed by atoms with Gasteiger partial charge in [-0.2, -0.15) is 0 Å². The number of anilines is 1. The predicted molar refractivity (Wildman–Crippen MR) is 102 cm³/mol. The van der Waals surface area contributed by atoms with Gasteiger partial charge in [-0.3, -0.25) is 9.69 Å². The SMILES string of the molecule is COc1cc(C2CCN(CC(=O)N3CCN(C(=O)O)CC3)CC2)ccc1N. The maximum absolute atomic E-state index is 12.5. The molecule has 3 rings (SSSR count). The fourth-order valence-corrected chi connectivity index (χ4v) is 3.84. The van der Waals surface area contributed by atoms with Crippen molar-refractivity contribution >= 4 is 17.7 Å². The lowest BCUT2D eigenvalue weighted by Crippen LogP contribution is -2.52. The summed E-state index contributed by atoms with van der Waals surface area (Å²) in [6.45, 7) is 3.89. The first-order chi connectivity index (χ1) is 13.0. The lowest BCUT2D eigenvalue weighted by molar-refractivity contribution is -0.134. The highest BCUT2D eigenvalue weighted by atomic mass is 16.5. The van der Waals surface area contributed by atoms with Gasteiger partial charge in [-0.25, -0.2) is 4.79 Å². The Kier molecular flexibility index (Phi) is 6.05. The minimum Gasteiger partial charge on any atom is -0.495 e. The van der Waals surface area contributed by atoms with Crippen LogP contribution in [0.3, 0.4) is 0 Å². The summed E-state index contributed by atoms with van der Waals surface area (Å²) in [6.07, 6.45) is 1.07. The van der Waals surface area contributed by atoms with Gasteiger partial charge < -0.3 is 25.4 Å². The molecule has 2 heterocycles. The van der Waals surface area contributed by atoms with Crippen molar-refractivity contribution in [3.63, 3.8) is 0 Å². The van der Waals surface area contributed by atoms with Crippen molar-refractivity contribution < 1.29 is 19.4 Å². The highest BCUT2D eigenvalue weighted by Gasteiger charge is 2.27. The standard InChI is InChI=1S/C19H28N4O4/c1-27-17-12-15(2-3-16(17)20)14-4-6-21(7-5-14)13-18(24)22-8-10-23(11-9-22)19(25)26/h2-3,12,14H,4-11,13,20H2,1H3,(H,25,26). The summed E-state index contributed by atoms with van der Waals surface area (Å²) in [5, 5.41) is 8.99. The molecule has 0 unspecified atom stereocenters. The minimum absolute atomic E-state index is 0.0904. The van der Waals surface area contributed by atoms with Crippen molar-refractivity contribution in [2.75, 3.05) is 58.7 Å². The lowest BCUT2D eigenvalue weighted by atomic mass is 9.89. The number of nitrogens with zero attached hydrogens (tertiary/aromatic N) is 3. The molecule has 0 spiro atoms. The van der Waals surface area contributed by atoms with E-state index in [1.807, 2.05) is 12.1 Å². The summed E-state index contributed by atoms with van der Waals surface area (Å²) in [7, 11) is 1.62. The van der Waals surface area contributed by atoms with E-state index in [1.165, 1.54) is 10.5 Å². The van der Waals surface area contributed by atoms with Crippen LogP contribution in [0.4, 0.5) is 10.5 Å². The van der Waals surface area contributed by atoms with Crippen LogP contribution in [0.5, 0.6) is 5.75 Å². The number of hydrogen-bond donors (Lipinski definition) is 2. The van der Waals surface area contributed by atoms with E-state index in [0.29, 0.717) is 50.1 Å². The molecule has 2 fully saturated rings. The molecule has 0 aromatic heterocycles. The number of methoxy groups -OCH3 is 1. The fourth-order valence-electron chi connectivity index (χ4n) is 3.84. The number of nitrogen functional groups attached to an aromatic ring is 1. The zero-order valence-corrected chi connectivity index (χ0v) is 15.8. The van der Waals surface area contributed by atoms with Gasteiger partial charge in [0, 0.05) is 26.2 Å². The Balaban J connectivity index is 1.47. The van der Waals surface area contributed by atoms with Crippen molar-refractivity contribution in [3.05, 3.63) is 23.8 Å². The van der Waals surface area contributed by atoms with Crippen molar-refractivity contribution in [2.24, 2.45) is 0 Å². The molecule has 0 atom stereocenters. The van der Waals surface area contributed by atoms with Gasteiger partial charge in [0.1, 0.15) is 5.75 Å². The second-order valence-electron chi connectivity index (χ2n) is 7.20. The van der Waals surface area contributed by atoms with E-state index in [1.54, 1.807) is 12.0 Å². The van der Waals surface area contributed by atoms with Gasteiger partial charge in [0.05, 0.1) is 19.3 Å². The summed E-state index contributed by atoms with van der Waals surface area (Å²) in [4.78, 5) is 28.8. The van der Waals surface area contributed by atoms with Crippen LogP contribution in [0.2, 0.25) is 0 Å². The minimum atomic E-state index is -0.913. The van der Waals surface area contributed by atoms with E-state index in [9.17, 15) is 9.59 Å². The van der Waals surface area contributed by atoms with E-state index >= 15 is 0 Å². The number of likely N-dealkylation sites (tertiary alicyclic amines) is 1. The van der Waals surface area contributed by atoms with E-state index in [2.05, 4.69) is 11.0 Å². The predicted octanol–water partition coefficient (Wildman–Crippen LogP) is 1.28. The Morgan fingerprint density at radius 2 is 1.74 bits per heavy atom. The maximum Gasteiger partial charge on any atom is 0.407 e. The Morgan fingerprint density at radius 1 is 1.11 bits per heavy atom. The first-order valence-electron chi connectivity index (χ1n) is 9.39. The molecule has 0 saturated carbocycles. The number of carbonyl (C=O) groups is 2. The van der Waals surface area contributed by atoms with Crippen LogP contribution in [-0.4, -0.2) is 84.7 Å². The van der Waals surface area contributed by atoms with Gasteiger partial charge in [-0.1, -0.05) is 6.07 Å². The van der Waals surface area contributed by atoms with Crippen molar-refractivity contribution in [1.82, 2.24) is 14.7 Å². The summed E-state index contributed by atoms with van der Waals surface area (Å²) < 4.78 is 5.31. The molecule has 8 nitrogen and oxygen atoms in total. The quantitative estimate of drug-likeness (QED) is 0.768. The third-order valence-corrected chi connectivity index (χ3v) is 5.58. The number of carbonyl (C=O) groups excluding carboxylic acids is 1. The Labute approximate surface area is 159 Å². The fraction of sp³-hybridized carbons (Fsp3) is 0.579. The smallest absolute Gasteiger partial charge is 0.407 e. The van der Waals surface area contributed by atoms with Crippen LogP contribution in [0, 0.1) is 0 Å². The van der Waals surface area contributed by atoms with Gasteiger partial charge in [-0.15, -0.1) is 0 Å². The number of carboxylic acid groups (broad SMARTS) is 1. The normalized spacial score (nSPS) is 19.1. The largest absolute Gasteiger partial charge is 0.495 e. The van der Waals surface area contributed by atoms with Gasteiger partial charge in [0.15, 0.2) is 0 Å². The lowest BCUT2D eigenvalue weighted by Gasteiger charge is -2.36. The molecule has 27 heavy (non-hydrogen) atoms. The summed E-state index contributed by atoms with van der Waals surface area (Å²) in [5.41, 5.74) is 7.77. The Morgan fingerprint density at radius 3 is 2.33 bits per heavy atom. The van der Waals surface area contributed by atoms with E-state index in [0.717, 1.165) is 25.9 Å². The number of hydrogen-bond acceptors (Lipinski definition) is 5. The monoisotopic (exact) mass is 376 g/mol. The number of ether oxygens (including phenoxy) is 1. The molecule has 0 bridgehead atoms. The maximum atomic E-state index is 12.5. The van der Waals surface area contributed by atoms with Crippen molar-refractivity contribution in [3.8, 4) is 5.75 Å². The van der Waals surface area contributed by atoms with Crippen LogP contribution in [-0.2, 0) is 4.79 Å². The van der Waals surface area contributed by atoms with Crippen molar-refractivity contribution in [2.45, 2.75) is 18.8 Å². The van der Waals surface area contributed by atoms with Gasteiger partial charge in [0.2, 0.25) is 5.91 Å². The molecule has 148 valence electrons. The second kappa shape index (κ2) is 8.47. The molecule has 1 aromatic carbocycles. The molecule has 2 saturated heterocycles. The van der Waals surface area contributed by atoms with Gasteiger partial charge >= 0.3 is 6.09 Å². The van der Waals surface area contributed by atoms with Crippen molar-refractivity contribution in [1.29, 1.82) is 0 Å². The number of nitrogens with two attached hydrogens (primary N) is 1. The third-order valence-electron chi connectivity index (χ3n) is 5.58.